The number of hydrogen-bond donors (Lipinski definition) is 2. The first-order chi connectivity index (χ1) is 20.4. The Labute approximate surface area is 246 Å². The van der Waals surface area contributed by atoms with Gasteiger partial charge in [-0.15, -0.1) is 11.8 Å². The van der Waals surface area contributed by atoms with E-state index in [4.69, 9.17) is 9.47 Å². The quantitative estimate of drug-likeness (QED) is 0.192. The number of carbonyl (C=O) groups excluding carboxylic acids is 2. The lowest BCUT2D eigenvalue weighted by atomic mass is 10.0. The van der Waals surface area contributed by atoms with E-state index in [0.29, 0.717) is 39.4 Å². The van der Waals surface area contributed by atoms with Gasteiger partial charge in [0.2, 0.25) is 0 Å². The predicted octanol–water partition coefficient (Wildman–Crippen LogP) is 6.02. The van der Waals surface area contributed by atoms with Crippen LogP contribution in [0, 0.1) is 0 Å². The number of anilines is 1. The zero-order chi connectivity index (χ0) is 29.2. The molecule has 3 atom stereocenters. The van der Waals surface area contributed by atoms with Gasteiger partial charge in [-0.1, -0.05) is 60.7 Å². The smallest absolute Gasteiger partial charge is 0.336 e. The molecule has 2 N–H and O–H groups in total. The van der Waals surface area contributed by atoms with Crippen LogP contribution in [0.15, 0.2) is 102 Å². The van der Waals surface area contributed by atoms with Gasteiger partial charge in [-0.2, -0.15) is 0 Å². The SMILES string of the molecule is O=C(O)c1ccccc1SC[C@H]1C[C@@H](c2ccc(CO)cc2)O[C@@H](c2cccc(N3C(=O)c4ccccc4C3=O)c2)O1. The average Bonchev–Trinajstić information content (AvgIpc) is 3.29. The van der Waals surface area contributed by atoms with Crippen LogP contribution < -0.4 is 4.90 Å². The second-order valence-corrected chi connectivity index (χ2v) is 11.1. The molecule has 4 aromatic carbocycles. The highest BCUT2D eigenvalue weighted by Crippen LogP contribution is 2.41. The summed E-state index contributed by atoms with van der Waals surface area (Å²) in [7, 11) is 0. The second-order valence-electron chi connectivity index (χ2n) is 10.0. The zero-order valence-corrected chi connectivity index (χ0v) is 23.2. The predicted molar refractivity (Wildman–Crippen MR) is 157 cm³/mol. The van der Waals surface area contributed by atoms with Crippen molar-refractivity contribution in [1.82, 2.24) is 0 Å². The minimum atomic E-state index is -0.990. The van der Waals surface area contributed by atoms with E-state index in [1.54, 1.807) is 66.7 Å². The van der Waals surface area contributed by atoms with E-state index in [1.165, 1.54) is 11.8 Å². The number of aliphatic hydroxyl groups excluding tert-OH is 1. The summed E-state index contributed by atoms with van der Waals surface area (Å²) in [6, 6.07) is 28.1. The number of imide groups is 1. The van der Waals surface area contributed by atoms with Crippen LogP contribution in [0.25, 0.3) is 0 Å². The van der Waals surface area contributed by atoms with Gasteiger partial charge in [0.15, 0.2) is 6.29 Å². The lowest BCUT2D eigenvalue weighted by molar-refractivity contribution is -0.245. The number of thioether (sulfide) groups is 1. The highest BCUT2D eigenvalue weighted by Gasteiger charge is 2.37. The Morgan fingerprint density at radius 2 is 1.52 bits per heavy atom. The van der Waals surface area contributed by atoms with Gasteiger partial charge in [0, 0.05) is 22.6 Å². The van der Waals surface area contributed by atoms with E-state index >= 15 is 0 Å². The number of amides is 2. The van der Waals surface area contributed by atoms with Crippen LogP contribution in [-0.4, -0.2) is 39.9 Å². The molecule has 0 saturated carbocycles. The van der Waals surface area contributed by atoms with E-state index in [0.717, 1.165) is 16.0 Å². The lowest BCUT2D eigenvalue weighted by Crippen LogP contribution is -2.32. The van der Waals surface area contributed by atoms with Crippen molar-refractivity contribution in [2.24, 2.45) is 0 Å². The third kappa shape index (κ3) is 5.47. The van der Waals surface area contributed by atoms with Gasteiger partial charge in [0.05, 0.1) is 41.2 Å². The number of nitrogens with zero attached hydrogens (tertiary/aromatic N) is 1. The number of rotatable bonds is 8. The molecule has 0 spiro atoms. The number of hydrogen-bond acceptors (Lipinski definition) is 7. The minimum Gasteiger partial charge on any atom is -0.478 e. The van der Waals surface area contributed by atoms with E-state index in [2.05, 4.69) is 0 Å². The maximum atomic E-state index is 13.1. The summed E-state index contributed by atoms with van der Waals surface area (Å²) in [6.07, 6.45) is -0.937. The van der Waals surface area contributed by atoms with Gasteiger partial charge in [-0.25, -0.2) is 9.69 Å². The Morgan fingerprint density at radius 1 is 0.833 bits per heavy atom. The van der Waals surface area contributed by atoms with Gasteiger partial charge in [0.1, 0.15) is 0 Å². The average molecular weight is 582 g/mol. The number of fused-ring (bicyclic) bond motifs is 1. The third-order valence-corrected chi connectivity index (χ3v) is 8.56. The number of aromatic carboxylic acids is 1. The Kier molecular flexibility index (Phi) is 7.90. The molecule has 1 saturated heterocycles. The highest BCUT2D eigenvalue weighted by molar-refractivity contribution is 7.99. The highest BCUT2D eigenvalue weighted by atomic mass is 32.2. The van der Waals surface area contributed by atoms with Crippen molar-refractivity contribution in [2.75, 3.05) is 10.7 Å². The lowest BCUT2D eigenvalue weighted by Gasteiger charge is -2.36. The maximum Gasteiger partial charge on any atom is 0.336 e. The largest absolute Gasteiger partial charge is 0.478 e. The van der Waals surface area contributed by atoms with E-state index in [1.807, 2.05) is 30.3 Å². The van der Waals surface area contributed by atoms with Crippen LogP contribution in [0.1, 0.15) is 66.6 Å². The van der Waals surface area contributed by atoms with Crippen LogP contribution in [0.5, 0.6) is 0 Å². The Balaban J connectivity index is 1.28. The summed E-state index contributed by atoms with van der Waals surface area (Å²) in [5.74, 6) is -1.28. The fourth-order valence-electron chi connectivity index (χ4n) is 5.21. The summed E-state index contributed by atoms with van der Waals surface area (Å²) in [6.45, 7) is -0.0651. The monoisotopic (exact) mass is 581 g/mol. The van der Waals surface area contributed by atoms with Gasteiger partial charge in [-0.05, 0) is 47.5 Å². The molecule has 0 unspecified atom stereocenters. The molecule has 212 valence electrons. The van der Waals surface area contributed by atoms with Crippen molar-refractivity contribution in [3.05, 3.63) is 130 Å². The van der Waals surface area contributed by atoms with E-state index in [9.17, 15) is 24.6 Å². The topological polar surface area (TPSA) is 113 Å². The van der Waals surface area contributed by atoms with Crippen LogP contribution in [-0.2, 0) is 16.1 Å². The van der Waals surface area contributed by atoms with Crippen molar-refractivity contribution in [2.45, 2.75) is 36.4 Å². The first-order valence-electron chi connectivity index (χ1n) is 13.5. The van der Waals surface area contributed by atoms with Crippen LogP contribution in [0.2, 0.25) is 0 Å². The zero-order valence-electron chi connectivity index (χ0n) is 22.4. The summed E-state index contributed by atoms with van der Waals surface area (Å²) < 4.78 is 12.8. The molecule has 0 radical (unpaired) electrons. The number of benzene rings is 4. The molecule has 8 nitrogen and oxygen atoms in total. The summed E-state index contributed by atoms with van der Waals surface area (Å²) >= 11 is 1.41. The van der Waals surface area contributed by atoms with Crippen LogP contribution in [0.4, 0.5) is 5.69 Å². The van der Waals surface area contributed by atoms with Crippen LogP contribution >= 0.6 is 11.8 Å². The third-order valence-electron chi connectivity index (χ3n) is 7.35. The van der Waals surface area contributed by atoms with Gasteiger partial charge in [-0.3, -0.25) is 9.59 Å². The standard InChI is InChI=1S/C33H27NO7S/c35-18-20-12-14-21(15-13-20)28-17-24(19-42-29-11-4-3-10-27(29)32(38)39)40-33(41-28)22-6-5-7-23(16-22)34-30(36)25-8-1-2-9-26(25)31(34)37/h1-16,24,28,33,35H,17-19H2,(H,38,39)/t24-,28+,33+/m1/s1. The molecular weight excluding hydrogens is 554 g/mol. The number of carbonyl (C=O) groups is 3. The molecule has 0 bridgehead atoms. The Hall–Kier alpha value is -4.28. The van der Waals surface area contributed by atoms with Crippen molar-refractivity contribution >= 4 is 35.2 Å². The van der Waals surface area contributed by atoms with Crippen molar-refractivity contribution in [1.29, 1.82) is 0 Å². The molecule has 2 amide bonds. The second kappa shape index (κ2) is 11.9. The van der Waals surface area contributed by atoms with Crippen LogP contribution in [0.3, 0.4) is 0 Å². The number of carboxylic acid groups (broad SMARTS) is 1. The Morgan fingerprint density at radius 3 is 2.21 bits per heavy atom. The first kappa shape index (κ1) is 27.9. The summed E-state index contributed by atoms with van der Waals surface area (Å²) in [5.41, 5.74) is 3.72. The normalized spacial score (nSPS) is 20.0. The van der Waals surface area contributed by atoms with E-state index < -0.39 is 12.3 Å². The van der Waals surface area contributed by atoms with Crippen molar-refractivity contribution in [3.8, 4) is 0 Å². The van der Waals surface area contributed by atoms with Gasteiger partial charge < -0.3 is 19.7 Å². The molecule has 2 aliphatic rings. The molecular formula is C33H27NO7S. The number of aliphatic hydroxyl groups is 1. The fraction of sp³-hybridized carbons (Fsp3) is 0.182. The molecule has 4 aromatic rings. The fourth-order valence-corrected chi connectivity index (χ4v) is 6.27. The molecule has 2 aliphatic heterocycles. The molecule has 2 heterocycles. The minimum absolute atomic E-state index is 0.0651. The molecule has 0 aliphatic carbocycles. The van der Waals surface area contributed by atoms with Gasteiger partial charge >= 0.3 is 5.97 Å². The summed E-state index contributed by atoms with van der Waals surface area (Å²) in [4.78, 5) is 39.8. The molecule has 9 heteroatoms. The molecule has 6 rings (SSSR count). The maximum absolute atomic E-state index is 13.1. The summed E-state index contributed by atoms with van der Waals surface area (Å²) in [5, 5.41) is 19.1. The van der Waals surface area contributed by atoms with Crippen molar-refractivity contribution < 1.29 is 34.1 Å². The molecule has 1 fully saturated rings. The number of ether oxygens (including phenoxy) is 2. The molecule has 0 aromatic heterocycles. The number of carboxylic acids is 1. The Bertz CT molecular complexity index is 1620. The van der Waals surface area contributed by atoms with E-state index in [-0.39, 0.29) is 36.2 Å². The van der Waals surface area contributed by atoms with Gasteiger partial charge in [0.25, 0.3) is 11.8 Å². The van der Waals surface area contributed by atoms with Crippen molar-refractivity contribution in [3.63, 3.8) is 0 Å². The molecule has 42 heavy (non-hydrogen) atoms. The first-order valence-corrected chi connectivity index (χ1v) is 14.4.